The fourth-order valence-electron chi connectivity index (χ4n) is 1.85. The summed E-state index contributed by atoms with van der Waals surface area (Å²) in [5.41, 5.74) is 6.70. The molecule has 0 aromatic heterocycles. The maximum absolute atomic E-state index is 12.3. The van der Waals surface area contributed by atoms with E-state index in [9.17, 15) is 13.5 Å². The Kier molecular flexibility index (Phi) is 5.82. The molecule has 0 bridgehead atoms. The summed E-state index contributed by atoms with van der Waals surface area (Å²) in [7, 11) is -3.75. The van der Waals surface area contributed by atoms with Gasteiger partial charge in [0.05, 0.1) is 11.5 Å². The molecule has 0 radical (unpaired) electrons. The van der Waals surface area contributed by atoms with E-state index >= 15 is 0 Å². The number of nitrogen functional groups attached to an aromatic ring is 1. The number of nitrogens with one attached hydrogen (secondary N) is 1. The standard InChI is InChI=1S/C13H21ClN2O3S/c1-8(2)4-10(7-17)16-20(18,19)11-5-12(14)9(3)13(15)6-11/h5-6,8,10,16-17H,4,7,15H2,1-3H3. The van der Waals surface area contributed by atoms with Crippen molar-refractivity contribution >= 4 is 27.3 Å². The van der Waals surface area contributed by atoms with Crippen molar-refractivity contribution in [3.05, 3.63) is 22.7 Å². The van der Waals surface area contributed by atoms with Crippen LogP contribution in [-0.4, -0.2) is 26.2 Å². The zero-order valence-electron chi connectivity index (χ0n) is 11.9. The normalized spacial score (nSPS) is 13.7. The Labute approximate surface area is 125 Å². The van der Waals surface area contributed by atoms with Gasteiger partial charge in [0, 0.05) is 16.8 Å². The van der Waals surface area contributed by atoms with E-state index in [1.807, 2.05) is 13.8 Å². The van der Waals surface area contributed by atoms with E-state index in [1.165, 1.54) is 12.1 Å². The highest BCUT2D eigenvalue weighted by Gasteiger charge is 2.21. The van der Waals surface area contributed by atoms with E-state index in [1.54, 1.807) is 6.92 Å². The largest absolute Gasteiger partial charge is 0.398 e. The van der Waals surface area contributed by atoms with Gasteiger partial charge in [-0.05, 0) is 37.0 Å². The average molecular weight is 321 g/mol. The van der Waals surface area contributed by atoms with Crippen LogP contribution in [0.2, 0.25) is 5.02 Å². The van der Waals surface area contributed by atoms with Gasteiger partial charge in [0.25, 0.3) is 0 Å². The van der Waals surface area contributed by atoms with Gasteiger partial charge in [-0.25, -0.2) is 13.1 Å². The van der Waals surface area contributed by atoms with Gasteiger partial charge in [0.15, 0.2) is 0 Å². The minimum atomic E-state index is -3.75. The Morgan fingerprint density at radius 3 is 2.45 bits per heavy atom. The van der Waals surface area contributed by atoms with E-state index in [0.29, 0.717) is 22.7 Å². The molecule has 5 nitrogen and oxygen atoms in total. The molecule has 20 heavy (non-hydrogen) atoms. The van der Waals surface area contributed by atoms with Crippen LogP contribution < -0.4 is 10.5 Å². The van der Waals surface area contributed by atoms with Gasteiger partial charge >= 0.3 is 0 Å². The summed E-state index contributed by atoms with van der Waals surface area (Å²) in [5, 5.41) is 9.56. The highest BCUT2D eigenvalue weighted by Crippen LogP contribution is 2.26. The summed E-state index contributed by atoms with van der Waals surface area (Å²) < 4.78 is 27.0. The Morgan fingerprint density at radius 1 is 1.40 bits per heavy atom. The number of aliphatic hydroxyl groups excluding tert-OH is 1. The second-order valence-corrected chi connectivity index (χ2v) is 7.37. The summed E-state index contributed by atoms with van der Waals surface area (Å²) in [6, 6.07) is 2.20. The lowest BCUT2D eigenvalue weighted by molar-refractivity contribution is 0.240. The number of hydrogen-bond acceptors (Lipinski definition) is 4. The molecule has 1 aromatic carbocycles. The Morgan fingerprint density at radius 2 is 2.00 bits per heavy atom. The van der Waals surface area contributed by atoms with Crippen LogP contribution in [0.3, 0.4) is 0 Å². The molecule has 0 aliphatic rings. The van der Waals surface area contributed by atoms with Crippen LogP contribution in [0.15, 0.2) is 17.0 Å². The summed E-state index contributed by atoms with van der Waals surface area (Å²) in [4.78, 5) is 0.00723. The lowest BCUT2D eigenvalue weighted by atomic mass is 10.1. The predicted molar refractivity (Wildman–Crippen MR) is 81.3 cm³/mol. The maximum atomic E-state index is 12.3. The fourth-order valence-corrected chi connectivity index (χ4v) is 3.44. The first-order valence-electron chi connectivity index (χ1n) is 6.36. The molecule has 1 aromatic rings. The fraction of sp³-hybridized carbons (Fsp3) is 0.538. The molecule has 0 aliphatic carbocycles. The Balaban J connectivity index is 3.05. The van der Waals surface area contributed by atoms with Crippen molar-refractivity contribution in [2.45, 2.75) is 38.1 Å². The lowest BCUT2D eigenvalue weighted by Gasteiger charge is -2.18. The number of rotatable bonds is 6. The van der Waals surface area contributed by atoms with E-state index in [0.717, 1.165) is 0 Å². The van der Waals surface area contributed by atoms with Gasteiger partial charge in [-0.3, -0.25) is 0 Å². The molecule has 0 fully saturated rings. The molecule has 0 saturated heterocycles. The SMILES string of the molecule is Cc1c(N)cc(S(=O)(=O)NC(CO)CC(C)C)cc1Cl. The van der Waals surface area contributed by atoms with Crippen molar-refractivity contribution in [2.75, 3.05) is 12.3 Å². The number of benzene rings is 1. The predicted octanol–water partition coefficient (Wildman–Crippen LogP) is 1.92. The van der Waals surface area contributed by atoms with Gasteiger partial charge in [-0.15, -0.1) is 0 Å². The van der Waals surface area contributed by atoms with Crippen molar-refractivity contribution in [3.63, 3.8) is 0 Å². The number of halogens is 1. The first-order chi connectivity index (χ1) is 9.17. The van der Waals surface area contributed by atoms with Crippen LogP contribution in [0, 0.1) is 12.8 Å². The number of sulfonamides is 1. The second kappa shape index (κ2) is 6.76. The summed E-state index contributed by atoms with van der Waals surface area (Å²) >= 11 is 5.96. The number of anilines is 1. The molecule has 0 spiro atoms. The molecule has 1 atom stereocenters. The van der Waals surface area contributed by atoms with Crippen molar-refractivity contribution < 1.29 is 13.5 Å². The van der Waals surface area contributed by atoms with Crippen molar-refractivity contribution in [3.8, 4) is 0 Å². The zero-order chi connectivity index (χ0) is 15.5. The van der Waals surface area contributed by atoms with E-state index in [-0.39, 0.29) is 17.4 Å². The first-order valence-corrected chi connectivity index (χ1v) is 8.22. The van der Waals surface area contributed by atoms with Gasteiger partial charge in [-0.2, -0.15) is 0 Å². The molecule has 1 unspecified atom stereocenters. The van der Waals surface area contributed by atoms with Gasteiger partial charge in [0.2, 0.25) is 10.0 Å². The van der Waals surface area contributed by atoms with Crippen LogP contribution in [0.5, 0.6) is 0 Å². The van der Waals surface area contributed by atoms with Gasteiger partial charge in [0.1, 0.15) is 0 Å². The van der Waals surface area contributed by atoms with Crippen molar-refractivity contribution in [1.82, 2.24) is 4.72 Å². The summed E-state index contributed by atoms with van der Waals surface area (Å²) in [6.45, 7) is 5.37. The van der Waals surface area contributed by atoms with Crippen LogP contribution in [0.1, 0.15) is 25.8 Å². The second-order valence-electron chi connectivity index (χ2n) is 5.25. The number of hydrogen-bond donors (Lipinski definition) is 3. The van der Waals surface area contributed by atoms with Crippen LogP contribution in [-0.2, 0) is 10.0 Å². The summed E-state index contributed by atoms with van der Waals surface area (Å²) in [6.07, 6.45) is 0.546. The Hall–Kier alpha value is -0.820. The van der Waals surface area contributed by atoms with Crippen molar-refractivity contribution in [1.29, 1.82) is 0 Å². The minimum absolute atomic E-state index is 0.00723. The van der Waals surface area contributed by atoms with Gasteiger partial charge < -0.3 is 10.8 Å². The highest BCUT2D eigenvalue weighted by atomic mass is 35.5. The van der Waals surface area contributed by atoms with Crippen LogP contribution >= 0.6 is 11.6 Å². The van der Waals surface area contributed by atoms with Crippen LogP contribution in [0.4, 0.5) is 5.69 Å². The topological polar surface area (TPSA) is 92.4 Å². The minimum Gasteiger partial charge on any atom is -0.398 e. The molecular formula is C13H21ClN2O3S. The monoisotopic (exact) mass is 320 g/mol. The number of aliphatic hydroxyl groups is 1. The Bertz CT molecular complexity index is 550. The first kappa shape index (κ1) is 17.2. The van der Waals surface area contributed by atoms with E-state index < -0.39 is 16.1 Å². The quantitative estimate of drug-likeness (QED) is 0.698. The molecule has 0 heterocycles. The lowest BCUT2D eigenvalue weighted by Crippen LogP contribution is -2.38. The molecule has 7 heteroatoms. The molecule has 1 rings (SSSR count). The average Bonchev–Trinajstić information content (AvgIpc) is 2.33. The van der Waals surface area contributed by atoms with E-state index in [2.05, 4.69) is 4.72 Å². The van der Waals surface area contributed by atoms with Crippen molar-refractivity contribution in [2.24, 2.45) is 5.92 Å². The molecule has 0 saturated carbocycles. The number of nitrogens with two attached hydrogens (primary N) is 1. The molecule has 0 aliphatic heterocycles. The molecule has 4 N–H and O–H groups in total. The third-order valence-corrected chi connectivity index (χ3v) is 4.86. The molecule has 114 valence electrons. The zero-order valence-corrected chi connectivity index (χ0v) is 13.4. The molecule has 0 amide bonds. The van der Waals surface area contributed by atoms with Crippen LogP contribution in [0.25, 0.3) is 0 Å². The third-order valence-electron chi connectivity index (χ3n) is 2.97. The maximum Gasteiger partial charge on any atom is 0.241 e. The smallest absolute Gasteiger partial charge is 0.241 e. The highest BCUT2D eigenvalue weighted by molar-refractivity contribution is 7.89. The molecular weight excluding hydrogens is 300 g/mol. The van der Waals surface area contributed by atoms with E-state index in [4.69, 9.17) is 17.3 Å². The summed E-state index contributed by atoms with van der Waals surface area (Å²) in [5.74, 6) is 0.265. The third kappa shape index (κ3) is 4.34. The van der Waals surface area contributed by atoms with Gasteiger partial charge in [-0.1, -0.05) is 25.4 Å².